The van der Waals surface area contributed by atoms with Crippen LogP contribution < -0.4 is 5.32 Å². The molecule has 6 heteroatoms. The summed E-state index contributed by atoms with van der Waals surface area (Å²) >= 11 is 1.91. The predicted octanol–water partition coefficient (Wildman–Crippen LogP) is 3.09. The topological polar surface area (TPSA) is 69.6 Å². The highest BCUT2D eigenvalue weighted by atomic mass is 127. The number of hydrogen-bond acceptors (Lipinski definition) is 3. The smallest absolute Gasteiger partial charge is 0.255 e. The van der Waals surface area contributed by atoms with Crippen LogP contribution in [0.3, 0.4) is 0 Å². The van der Waals surface area contributed by atoms with Crippen LogP contribution in [0.4, 0.5) is 10.1 Å². The van der Waals surface area contributed by atoms with Gasteiger partial charge in [0, 0.05) is 9.13 Å². The summed E-state index contributed by atoms with van der Waals surface area (Å²) < 4.78 is 13.5. The lowest BCUT2D eigenvalue weighted by molar-refractivity contribution is 0.102. The van der Waals surface area contributed by atoms with Crippen LogP contribution in [0.2, 0.25) is 0 Å². The van der Waals surface area contributed by atoms with E-state index < -0.39 is 5.91 Å². The van der Waals surface area contributed by atoms with E-state index in [1.54, 1.807) is 0 Å². The van der Waals surface area contributed by atoms with Gasteiger partial charge in [-0.2, -0.15) is 0 Å². The highest BCUT2D eigenvalue weighted by molar-refractivity contribution is 14.1. The number of benzene rings is 2. The Balaban J connectivity index is 2.23. The average Bonchev–Trinajstić information content (AvgIpc) is 2.36. The number of hydrogen-bond donors (Lipinski definition) is 3. The van der Waals surface area contributed by atoms with Crippen molar-refractivity contribution >= 4 is 34.2 Å². The molecule has 0 unspecified atom stereocenters. The fourth-order valence-corrected chi connectivity index (χ4v) is 2.06. The van der Waals surface area contributed by atoms with Crippen molar-refractivity contribution in [2.45, 2.75) is 0 Å². The highest BCUT2D eigenvalue weighted by Crippen LogP contribution is 2.26. The van der Waals surface area contributed by atoms with E-state index in [1.165, 1.54) is 30.3 Å². The molecule has 0 saturated carbocycles. The number of phenolic OH excluding ortho intramolecular Hbond substituents is 2. The van der Waals surface area contributed by atoms with Crippen LogP contribution in [0, 0.1) is 9.39 Å². The molecule has 0 radical (unpaired) electrons. The molecule has 0 fully saturated rings. The van der Waals surface area contributed by atoms with Gasteiger partial charge in [0.05, 0.1) is 5.69 Å². The number of rotatable bonds is 2. The second-order valence-corrected chi connectivity index (χ2v) is 4.94. The molecule has 19 heavy (non-hydrogen) atoms. The summed E-state index contributed by atoms with van der Waals surface area (Å²) in [5, 5.41) is 21.1. The van der Waals surface area contributed by atoms with Crippen molar-refractivity contribution in [2.24, 2.45) is 0 Å². The maximum Gasteiger partial charge on any atom is 0.255 e. The summed E-state index contributed by atoms with van der Waals surface area (Å²) in [6.45, 7) is 0. The van der Waals surface area contributed by atoms with Crippen LogP contribution in [0.25, 0.3) is 0 Å². The zero-order valence-corrected chi connectivity index (χ0v) is 11.7. The van der Waals surface area contributed by atoms with Gasteiger partial charge in [0.2, 0.25) is 0 Å². The minimum atomic E-state index is -0.458. The first-order valence-corrected chi connectivity index (χ1v) is 6.33. The lowest BCUT2D eigenvalue weighted by Gasteiger charge is -2.08. The lowest BCUT2D eigenvalue weighted by atomic mass is 10.2. The second kappa shape index (κ2) is 5.43. The molecule has 4 nitrogen and oxygen atoms in total. The summed E-state index contributed by atoms with van der Waals surface area (Å²) in [5.74, 6) is -1.51. The Morgan fingerprint density at radius 1 is 1.11 bits per heavy atom. The molecular weight excluding hydrogens is 364 g/mol. The van der Waals surface area contributed by atoms with Gasteiger partial charge in [0.15, 0.2) is 11.5 Å². The van der Waals surface area contributed by atoms with E-state index in [0.717, 1.165) is 6.07 Å². The van der Waals surface area contributed by atoms with Crippen LogP contribution in [-0.2, 0) is 0 Å². The van der Waals surface area contributed by atoms with E-state index in [1.807, 2.05) is 22.6 Å². The molecule has 1 amide bonds. The molecule has 0 atom stereocenters. The minimum Gasteiger partial charge on any atom is -0.504 e. The minimum absolute atomic E-state index is 0.190. The van der Waals surface area contributed by atoms with Gasteiger partial charge in [-0.05, 0) is 59.0 Å². The van der Waals surface area contributed by atoms with Gasteiger partial charge in [-0.3, -0.25) is 4.79 Å². The Morgan fingerprint density at radius 3 is 2.47 bits per heavy atom. The maximum absolute atomic E-state index is 12.9. The van der Waals surface area contributed by atoms with Crippen molar-refractivity contribution in [2.75, 3.05) is 5.32 Å². The van der Waals surface area contributed by atoms with Crippen molar-refractivity contribution in [3.63, 3.8) is 0 Å². The molecule has 0 heterocycles. The summed E-state index contributed by atoms with van der Waals surface area (Å²) in [6, 6.07) is 7.74. The standard InChI is InChI=1S/C13H9FINO3/c14-8-2-3-10(9(15)6-8)16-13(19)7-1-4-11(17)12(18)5-7/h1-6,17-18H,(H,16,19). The van der Waals surface area contributed by atoms with Gasteiger partial charge < -0.3 is 15.5 Å². The first-order chi connectivity index (χ1) is 8.97. The van der Waals surface area contributed by atoms with Gasteiger partial charge in [-0.25, -0.2) is 4.39 Å². The Bertz CT molecular complexity index is 646. The van der Waals surface area contributed by atoms with E-state index in [-0.39, 0.29) is 22.9 Å². The molecule has 0 aromatic heterocycles. The number of carbonyl (C=O) groups excluding carboxylic acids is 1. The van der Waals surface area contributed by atoms with Crippen LogP contribution in [0.5, 0.6) is 11.5 Å². The van der Waals surface area contributed by atoms with Gasteiger partial charge in [0.25, 0.3) is 5.91 Å². The fourth-order valence-electron chi connectivity index (χ4n) is 1.45. The Morgan fingerprint density at radius 2 is 1.84 bits per heavy atom. The highest BCUT2D eigenvalue weighted by Gasteiger charge is 2.11. The zero-order valence-electron chi connectivity index (χ0n) is 9.52. The normalized spacial score (nSPS) is 10.2. The summed E-state index contributed by atoms with van der Waals surface area (Å²) in [7, 11) is 0. The van der Waals surface area contributed by atoms with Gasteiger partial charge >= 0.3 is 0 Å². The van der Waals surface area contributed by atoms with Gasteiger partial charge in [-0.1, -0.05) is 0 Å². The third-order valence-corrected chi connectivity index (χ3v) is 3.31. The van der Waals surface area contributed by atoms with E-state index >= 15 is 0 Å². The molecule has 3 N–H and O–H groups in total. The van der Waals surface area contributed by atoms with Crippen molar-refractivity contribution in [1.82, 2.24) is 0 Å². The molecule has 0 saturated heterocycles. The Kier molecular flexibility index (Phi) is 3.89. The molecule has 2 rings (SSSR count). The van der Waals surface area contributed by atoms with Crippen LogP contribution >= 0.6 is 22.6 Å². The monoisotopic (exact) mass is 373 g/mol. The average molecular weight is 373 g/mol. The fraction of sp³-hybridized carbons (Fsp3) is 0. The molecule has 98 valence electrons. The van der Waals surface area contributed by atoms with Crippen molar-refractivity contribution in [3.05, 3.63) is 51.3 Å². The molecule has 0 aliphatic heterocycles. The number of halogens is 2. The van der Waals surface area contributed by atoms with E-state index in [0.29, 0.717) is 9.26 Å². The SMILES string of the molecule is O=C(Nc1ccc(F)cc1I)c1ccc(O)c(O)c1. The Hall–Kier alpha value is -1.83. The molecule has 0 aliphatic carbocycles. The zero-order chi connectivity index (χ0) is 14.0. The molecule has 2 aromatic rings. The largest absolute Gasteiger partial charge is 0.504 e. The molecule has 0 spiro atoms. The number of anilines is 1. The second-order valence-electron chi connectivity index (χ2n) is 3.78. The van der Waals surface area contributed by atoms with Crippen LogP contribution in [0.1, 0.15) is 10.4 Å². The molecule has 0 bridgehead atoms. The first-order valence-electron chi connectivity index (χ1n) is 5.26. The summed E-state index contributed by atoms with van der Waals surface area (Å²) in [4.78, 5) is 11.9. The van der Waals surface area contributed by atoms with Crippen molar-refractivity contribution in [3.8, 4) is 11.5 Å². The summed E-state index contributed by atoms with van der Waals surface area (Å²) in [6.07, 6.45) is 0. The van der Waals surface area contributed by atoms with Crippen molar-refractivity contribution in [1.29, 1.82) is 0 Å². The van der Waals surface area contributed by atoms with Crippen molar-refractivity contribution < 1.29 is 19.4 Å². The number of nitrogens with one attached hydrogen (secondary N) is 1. The van der Waals surface area contributed by atoms with E-state index in [2.05, 4.69) is 5.32 Å². The number of carbonyl (C=O) groups is 1. The quantitative estimate of drug-likeness (QED) is 0.560. The van der Waals surface area contributed by atoms with E-state index in [4.69, 9.17) is 5.11 Å². The van der Waals surface area contributed by atoms with E-state index in [9.17, 15) is 14.3 Å². The third-order valence-electron chi connectivity index (χ3n) is 2.42. The number of phenols is 2. The molecular formula is C13H9FINO3. The molecule has 0 aliphatic rings. The third kappa shape index (κ3) is 3.14. The number of amides is 1. The van der Waals surface area contributed by atoms with Gasteiger partial charge in [-0.15, -0.1) is 0 Å². The predicted molar refractivity (Wildman–Crippen MR) is 76.8 cm³/mol. The van der Waals surface area contributed by atoms with Crippen LogP contribution in [-0.4, -0.2) is 16.1 Å². The first kappa shape index (κ1) is 13.6. The van der Waals surface area contributed by atoms with Gasteiger partial charge in [0.1, 0.15) is 5.82 Å². The van der Waals surface area contributed by atoms with Crippen LogP contribution in [0.15, 0.2) is 36.4 Å². The maximum atomic E-state index is 12.9. The molecule has 2 aromatic carbocycles. The Labute approximate surface area is 122 Å². The summed E-state index contributed by atoms with van der Waals surface area (Å²) in [5.41, 5.74) is 0.662. The number of aromatic hydroxyl groups is 2. The lowest BCUT2D eigenvalue weighted by Crippen LogP contribution is -2.12.